The van der Waals surface area contributed by atoms with E-state index in [1.165, 1.54) is 11.3 Å². The smallest absolute Gasteiger partial charge is 0.350 e. The Hall–Kier alpha value is -1.43. The molecule has 0 aliphatic heterocycles. The number of hydrogen-bond acceptors (Lipinski definition) is 5. The van der Waals surface area contributed by atoms with Crippen molar-refractivity contribution >= 4 is 28.8 Å². The number of aryl methyl sites for hydroxylation is 1. The summed E-state index contributed by atoms with van der Waals surface area (Å²) in [5, 5.41) is 0.564. The second kappa shape index (κ2) is 5.60. The molecule has 0 aliphatic carbocycles. The van der Waals surface area contributed by atoms with Gasteiger partial charge in [-0.25, -0.2) is 14.8 Å². The summed E-state index contributed by atoms with van der Waals surface area (Å²) < 4.78 is 4.92. The molecule has 0 unspecified atom stereocenters. The first-order chi connectivity index (χ1) is 7.54. The van der Waals surface area contributed by atoms with Crippen LogP contribution in [0.4, 0.5) is 5.13 Å². The third-order valence-electron chi connectivity index (χ3n) is 1.65. The van der Waals surface area contributed by atoms with Crippen LogP contribution in [0, 0.1) is 6.92 Å². The predicted molar refractivity (Wildman–Crippen MR) is 64.6 cm³/mol. The highest BCUT2D eigenvalue weighted by atomic mass is 32.1. The lowest BCUT2D eigenvalue weighted by atomic mass is 10.4. The quantitative estimate of drug-likeness (QED) is 0.458. The first-order valence-electron chi connectivity index (χ1n) is 4.89. The minimum absolute atomic E-state index is 0.330. The number of carbonyl (C=O) groups is 1. The van der Waals surface area contributed by atoms with Crippen molar-refractivity contribution in [1.82, 2.24) is 9.88 Å². The van der Waals surface area contributed by atoms with Gasteiger partial charge in [0.1, 0.15) is 4.88 Å². The van der Waals surface area contributed by atoms with Gasteiger partial charge in [0.25, 0.3) is 0 Å². The topological polar surface area (TPSA) is 54.8 Å². The molecule has 0 spiro atoms. The molecule has 6 heteroatoms. The highest BCUT2D eigenvalue weighted by Crippen LogP contribution is 2.25. The number of nitrogens with zero attached hydrogens (tertiary/aromatic N) is 3. The fraction of sp³-hybridized carbons (Fsp3) is 0.500. The number of rotatable bonds is 4. The van der Waals surface area contributed by atoms with E-state index in [2.05, 4.69) is 9.98 Å². The van der Waals surface area contributed by atoms with Crippen molar-refractivity contribution in [3.05, 3.63) is 10.6 Å². The number of ether oxygens (including phenoxy) is 1. The second-order valence-corrected chi connectivity index (χ2v) is 4.32. The number of esters is 1. The van der Waals surface area contributed by atoms with Crippen molar-refractivity contribution in [1.29, 1.82) is 0 Å². The SMILES string of the molecule is CCOC(=O)c1sc(/N=C/N(C)C)nc1C. The van der Waals surface area contributed by atoms with E-state index >= 15 is 0 Å². The van der Waals surface area contributed by atoms with Crippen LogP contribution in [0.3, 0.4) is 0 Å². The van der Waals surface area contributed by atoms with E-state index in [9.17, 15) is 4.79 Å². The number of carbonyl (C=O) groups excluding carboxylic acids is 1. The summed E-state index contributed by atoms with van der Waals surface area (Å²) >= 11 is 1.24. The third kappa shape index (κ3) is 3.30. The average Bonchev–Trinajstić information content (AvgIpc) is 2.57. The Morgan fingerprint density at radius 1 is 1.62 bits per heavy atom. The maximum atomic E-state index is 11.5. The summed E-state index contributed by atoms with van der Waals surface area (Å²) in [4.78, 5) is 22.1. The van der Waals surface area contributed by atoms with Crippen LogP contribution in [0.5, 0.6) is 0 Å². The molecule has 16 heavy (non-hydrogen) atoms. The minimum atomic E-state index is -0.330. The Kier molecular flexibility index (Phi) is 4.42. The van der Waals surface area contributed by atoms with Crippen LogP contribution >= 0.6 is 11.3 Å². The highest BCUT2D eigenvalue weighted by molar-refractivity contribution is 7.17. The lowest BCUT2D eigenvalue weighted by molar-refractivity contribution is 0.0531. The van der Waals surface area contributed by atoms with Gasteiger partial charge in [0.15, 0.2) is 0 Å². The molecular weight excluding hydrogens is 226 g/mol. The summed E-state index contributed by atoms with van der Waals surface area (Å²) in [6.07, 6.45) is 1.65. The van der Waals surface area contributed by atoms with Gasteiger partial charge in [-0.1, -0.05) is 11.3 Å². The molecule has 0 fully saturated rings. The van der Waals surface area contributed by atoms with Gasteiger partial charge < -0.3 is 9.64 Å². The molecule has 0 aromatic carbocycles. The van der Waals surface area contributed by atoms with Crippen molar-refractivity contribution in [3.63, 3.8) is 0 Å². The number of thiazole rings is 1. The molecule has 1 rings (SSSR count). The Labute approximate surface area is 98.8 Å². The first kappa shape index (κ1) is 12.6. The highest BCUT2D eigenvalue weighted by Gasteiger charge is 2.15. The van der Waals surface area contributed by atoms with Crippen LogP contribution in [0.2, 0.25) is 0 Å². The van der Waals surface area contributed by atoms with Gasteiger partial charge in [0, 0.05) is 14.1 Å². The Bertz CT molecular complexity index is 399. The zero-order valence-corrected chi connectivity index (χ0v) is 10.7. The van der Waals surface area contributed by atoms with Crippen LogP contribution in [0.25, 0.3) is 0 Å². The standard InChI is InChI=1S/C10H15N3O2S/c1-5-15-9(14)8-7(2)12-10(16-8)11-6-13(3)4/h6H,5H2,1-4H3/b11-6+. The summed E-state index contributed by atoms with van der Waals surface area (Å²) in [6, 6.07) is 0. The van der Waals surface area contributed by atoms with E-state index in [4.69, 9.17) is 4.74 Å². The maximum absolute atomic E-state index is 11.5. The molecule has 0 amide bonds. The minimum Gasteiger partial charge on any atom is -0.462 e. The van der Waals surface area contributed by atoms with Crippen LogP contribution < -0.4 is 0 Å². The first-order valence-corrected chi connectivity index (χ1v) is 5.71. The van der Waals surface area contributed by atoms with Crippen LogP contribution in [-0.4, -0.2) is 42.9 Å². The molecule has 5 nitrogen and oxygen atoms in total. The Morgan fingerprint density at radius 3 is 2.88 bits per heavy atom. The normalized spacial score (nSPS) is 10.8. The predicted octanol–water partition coefficient (Wildman–Crippen LogP) is 1.85. The number of aromatic nitrogens is 1. The largest absolute Gasteiger partial charge is 0.462 e. The fourth-order valence-electron chi connectivity index (χ4n) is 0.988. The zero-order chi connectivity index (χ0) is 12.1. The molecule has 0 aliphatic rings. The monoisotopic (exact) mass is 241 g/mol. The van der Waals surface area contributed by atoms with Gasteiger partial charge in [-0.3, -0.25) is 0 Å². The molecule has 1 aromatic rings. The number of hydrogen-bond donors (Lipinski definition) is 0. The summed E-state index contributed by atoms with van der Waals surface area (Å²) in [5.74, 6) is -0.330. The van der Waals surface area contributed by atoms with E-state index in [1.54, 1.807) is 25.1 Å². The number of aliphatic imine (C=N–C) groups is 1. The molecule has 0 saturated heterocycles. The summed E-state index contributed by atoms with van der Waals surface area (Å²) in [7, 11) is 3.74. The molecular formula is C10H15N3O2S. The van der Waals surface area contributed by atoms with Gasteiger partial charge in [0.05, 0.1) is 18.6 Å². The van der Waals surface area contributed by atoms with Crippen molar-refractivity contribution in [2.24, 2.45) is 4.99 Å². The Balaban J connectivity index is 2.85. The van der Waals surface area contributed by atoms with Crippen molar-refractivity contribution in [3.8, 4) is 0 Å². The second-order valence-electron chi connectivity index (χ2n) is 3.34. The van der Waals surface area contributed by atoms with Gasteiger partial charge in [-0.2, -0.15) is 0 Å². The van der Waals surface area contributed by atoms with E-state index in [-0.39, 0.29) is 5.97 Å². The lowest BCUT2D eigenvalue weighted by Crippen LogP contribution is -2.06. The van der Waals surface area contributed by atoms with Crippen LogP contribution in [-0.2, 0) is 4.74 Å². The van der Waals surface area contributed by atoms with Crippen molar-refractivity contribution in [2.75, 3.05) is 20.7 Å². The lowest BCUT2D eigenvalue weighted by Gasteiger charge is -1.99. The third-order valence-corrected chi connectivity index (χ3v) is 2.69. The van der Waals surface area contributed by atoms with E-state index < -0.39 is 0 Å². The van der Waals surface area contributed by atoms with Gasteiger partial charge in [-0.15, -0.1) is 0 Å². The van der Waals surface area contributed by atoms with Crippen molar-refractivity contribution < 1.29 is 9.53 Å². The molecule has 0 N–H and O–H groups in total. The molecule has 1 heterocycles. The van der Waals surface area contributed by atoms with Gasteiger partial charge in [0.2, 0.25) is 5.13 Å². The average molecular weight is 241 g/mol. The Morgan fingerprint density at radius 2 is 2.31 bits per heavy atom. The molecule has 0 atom stereocenters. The van der Waals surface area contributed by atoms with E-state index in [0.717, 1.165) is 0 Å². The fourth-order valence-corrected chi connectivity index (χ4v) is 1.79. The van der Waals surface area contributed by atoms with Crippen LogP contribution in [0.15, 0.2) is 4.99 Å². The van der Waals surface area contributed by atoms with Gasteiger partial charge >= 0.3 is 5.97 Å². The van der Waals surface area contributed by atoms with Gasteiger partial charge in [-0.05, 0) is 13.8 Å². The molecule has 88 valence electrons. The summed E-state index contributed by atoms with van der Waals surface area (Å²) in [5.41, 5.74) is 0.661. The zero-order valence-electron chi connectivity index (χ0n) is 9.85. The van der Waals surface area contributed by atoms with E-state index in [0.29, 0.717) is 22.3 Å². The molecule has 0 saturated carbocycles. The van der Waals surface area contributed by atoms with Crippen LogP contribution in [0.1, 0.15) is 22.3 Å². The molecule has 0 bridgehead atoms. The van der Waals surface area contributed by atoms with Crippen molar-refractivity contribution in [2.45, 2.75) is 13.8 Å². The molecule has 0 radical (unpaired) electrons. The summed E-state index contributed by atoms with van der Waals surface area (Å²) in [6.45, 7) is 3.92. The molecule has 1 aromatic heterocycles. The maximum Gasteiger partial charge on any atom is 0.350 e. The van der Waals surface area contributed by atoms with E-state index in [1.807, 2.05) is 14.1 Å².